The molecule has 1 aliphatic carbocycles. The summed E-state index contributed by atoms with van der Waals surface area (Å²) in [7, 11) is 1.76. The van der Waals surface area contributed by atoms with E-state index in [2.05, 4.69) is 27.9 Å². The van der Waals surface area contributed by atoms with E-state index in [1.54, 1.807) is 7.05 Å². The molecular formula is C15H30N4O. The number of nitrogens with zero attached hydrogens (tertiary/aromatic N) is 1. The van der Waals surface area contributed by atoms with E-state index in [0.29, 0.717) is 19.0 Å². The average molecular weight is 282 g/mol. The average Bonchev–Trinajstić information content (AvgIpc) is 2.94. The van der Waals surface area contributed by atoms with Crippen LogP contribution in [0.1, 0.15) is 58.3 Å². The van der Waals surface area contributed by atoms with Crippen LogP contribution in [0.2, 0.25) is 0 Å². The Labute approximate surface area is 123 Å². The Kier molecular flexibility index (Phi) is 8.83. The smallest absolute Gasteiger partial charge is 0.221 e. The lowest BCUT2D eigenvalue weighted by Gasteiger charge is -2.14. The molecule has 0 radical (unpaired) electrons. The Morgan fingerprint density at radius 3 is 2.50 bits per heavy atom. The fraction of sp³-hybridized carbons (Fsp3) is 0.867. The van der Waals surface area contributed by atoms with Gasteiger partial charge in [-0.25, -0.2) is 0 Å². The first-order chi connectivity index (χ1) is 9.76. The second-order valence-electron chi connectivity index (χ2n) is 5.43. The van der Waals surface area contributed by atoms with Gasteiger partial charge in [0.05, 0.1) is 0 Å². The van der Waals surface area contributed by atoms with E-state index in [0.717, 1.165) is 31.8 Å². The van der Waals surface area contributed by atoms with E-state index in [-0.39, 0.29) is 5.91 Å². The van der Waals surface area contributed by atoms with E-state index in [1.807, 2.05) is 0 Å². The summed E-state index contributed by atoms with van der Waals surface area (Å²) in [5.41, 5.74) is 0. The summed E-state index contributed by atoms with van der Waals surface area (Å²) in [5, 5.41) is 9.53. The van der Waals surface area contributed by atoms with Crippen LogP contribution in [0.5, 0.6) is 0 Å². The normalized spacial score (nSPS) is 16.2. The molecule has 0 unspecified atom stereocenters. The summed E-state index contributed by atoms with van der Waals surface area (Å²) >= 11 is 0. The molecule has 0 spiro atoms. The van der Waals surface area contributed by atoms with Crippen molar-refractivity contribution in [3.05, 3.63) is 0 Å². The van der Waals surface area contributed by atoms with Crippen LogP contribution in [-0.2, 0) is 4.79 Å². The molecule has 5 heteroatoms. The first kappa shape index (κ1) is 16.8. The van der Waals surface area contributed by atoms with Gasteiger partial charge < -0.3 is 16.0 Å². The van der Waals surface area contributed by atoms with Crippen LogP contribution in [0, 0.1) is 0 Å². The minimum absolute atomic E-state index is 0.144. The van der Waals surface area contributed by atoms with Crippen molar-refractivity contribution in [1.82, 2.24) is 16.0 Å². The summed E-state index contributed by atoms with van der Waals surface area (Å²) in [6.45, 7) is 3.75. The highest BCUT2D eigenvalue weighted by Gasteiger charge is 2.16. The molecule has 116 valence electrons. The Morgan fingerprint density at radius 1 is 1.15 bits per heavy atom. The molecule has 0 bridgehead atoms. The van der Waals surface area contributed by atoms with Gasteiger partial charge in [0.15, 0.2) is 5.96 Å². The zero-order chi connectivity index (χ0) is 14.6. The van der Waals surface area contributed by atoms with Crippen molar-refractivity contribution < 1.29 is 4.79 Å². The number of carbonyl (C=O) groups is 1. The number of rotatable bonds is 8. The van der Waals surface area contributed by atoms with Crippen LogP contribution in [0.25, 0.3) is 0 Å². The molecule has 5 nitrogen and oxygen atoms in total. The Balaban J connectivity index is 2.06. The Morgan fingerprint density at radius 2 is 1.85 bits per heavy atom. The molecule has 1 saturated carbocycles. The molecule has 0 aromatic rings. The highest BCUT2D eigenvalue weighted by molar-refractivity contribution is 5.81. The molecule has 0 aromatic carbocycles. The van der Waals surface area contributed by atoms with Crippen LogP contribution < -0.4 is 16.0 Å². The van der Waals surface area contributed by atoms with Gasteiger partial charge in [-0.05, 0) is 19.3 Å². The van der Waals surface area contributed by atoms with Crippen LogP contribution in [0.15, 0.2) is 4.99 Å². The van der Waals surface area contributed by atoms with Gasteiger partial charge in [0, 0.05) is 32.6 Å². The highest BCUT2D eigenvalue weighted by Crippen LogP contribution is 2.17. The third kappa shape index (κ3) is 7.36. The van der Waals surface area contributed by atoms with Crippen molar-refractivity contribution in [2.24, 2.45) is 4.99 Å². The zero-order valence-corrected chi connectivity index (χ0v) is 13.0. The summed E-state index contributed by atoms with van der Waals surface area (Å²) in [5.74, 6) is 0.931. The molecule has 20 heavy (non-hydrogen) atoms. The van der Waals surface area contributed by atoms with E-state index in [9.17, 15) is 4.79 Å². The standard InChI is InChI=1S/C15H30N4O/c1-3-4-7-11-17-15(16-2)18-12-10-14(20)19-13-8-5-6-9-13/h13H,3-12H2,1-2H3,(H,19,20)(H2,16,17,18). The van der Waals surface area contributed by atoms with Gasteiger partial charge in [-0.15, -0.1) is 0 Å². The summed E-state index contributed by atoms with van der Waals surface area (Å²) in [4.78, 5) is 15.9. The van der Waals surface area contributed by atoms with Gasteiger partial charge in [-0.2, -0.15) is 0 Å². The summed E-state index contributed by atoms with van der Waals surface area (Å²) in [6.07, 6.45) is 8.88. The molecule has 0 heterocycles. The van der Waals surface area contributed by atoms with Crippen molar-refractivity contribution in [2.75, 3.05) is 20.1 Å². The number of nitrogens with one attached hydrogen (secondary N) is 3. The number of hydrogen-bond donors (Lipinski definition) is 3. The van der Waals surface area contributed by atoms with Crippen molar-refractivity contribution in [1.29, 1.82) is 0 Å². The van der Waals surface area contributed by atoms with E-state index in [4.69, 9.17) is 0 Å². The first-order valence-electron chi connectivity index (χ1n) is 8.00. The second-order valence-corrected chi connectivity index (χ2v) is 5.43. The van der Waals surface area contributed by atoms with Crippen LogP contribution in [0.3, 0.4) is 0 Å². The SMILES string of the molecule is CCCCCNC(=NC)NCCC(=O)NC1CCCC1. The second kappa shape index (κ2) is 10.5. The van der Waals surface area contributed by atoms with Crippen LogP contribution in [-0.4, -0.2) is 38.0 Å². The van der Waals surface area contributed by atoms with E-state index in [1.165, 1.54) is 25.7 Å². The minimum Gasteiger partial charge on any atom is -0.356 e. The van der Waals surface area contributed by atoms with Gasteiger partial charge in [0.25, 0.3) is 0 Å². The quantitative estimate of drug-likeness (QED) is 0.361. The predicted molar refractivity (Wildman–Crippen MR) is 83.9 cm³/mol. The fourth-order valence-electron chi connectivity index (χ4n) is 2.47. The van der Waals surface area contributed by atoms with Gasteiger partial charge in [0.2, 0.25) is 5.91 Å². The number of carbonyl (C=O) groups excluding carboxylic acids is 1. The molecule has 1 amide bonds. The fourth-order valence-corrected chi connectivity index (χ4v) is 2.47. The van der Waals surface area contributed by atoms with E-state index >= 15 is 0 Å². The lowest BCUT2D eigenvalue weighted by atomic mass is 10.2. The maximum atomic E-state index is 11.8. The molecule has 0 atom stereocenters. The monoisotopic (exact) mass is 282 g/mol. The third-order valence-corrected chi connectivity index (χ3v) is 3.66. The highest BCUT2D eigenvalue weighted by atomic mass is 16.1. The van der Waals surface area contributed by atoms with E-state index < -0.39 is 0 Å². The van der Waals surface area contributed by atoms with Crippen molar-refractivity contribution in [3.8, 4) is 0 Å². The number of unbranched alkanes of at least 4 members (excludes halogenated alkanes) is 2. The largest absolute Gasteiger partial charge is 0.356 e. The zero-order valence-electron chi connectivity index (χ0n) is 13.0. The molecule has 1 fully saturated rings. The predicted octanol–water partition coefficient (Wildman–Crippen LogP) is 1.79. The van der Waals surface area contributed by atoms with Crippen molar-refractivity contribution in [3.63, 3.8) is 0 Å². The molecular weight excluding hydrogens is 252 g/mol. The number of guanidine groups is 1. The molecule has 3 N–H and O–H groups in total. The lowest BCUT2D eigenvalue weighted by molar-refractivity contribution is -0.121. The maximum absolute atomic E-state index is 11.8. The Hall–Kier alpha value is -1.26. The number of hydrogen-bond acceptors (Lipinski definition) is 2. The number of amides is 1. The minimum atomic E-state index is 0.144. The van der Waals surface area contributed by atoms with Crippen molar-refractivity contribution >= 4 is 11.9 Å². The maximum Gasteiger partial charge on any atom is 0.221 e. The summed E-state index contributed by atoms with van der Waals surface area (Å²) in [6, 6.07) is 0.411. The van der Waals surface area contributed by atoms with Crippen LogP contribution in [0.4, 0.5) is 0 Å². The van der Waals surface area contributed by atoms with Gasteiger partial charge in [-0.1, -0.05) is 32.6 Å². The van der Waals surface area contributed by atoms with Gasteiger partial charge in [0.1, 0.15) is 0 Å². The van der Waals surface area contributed by atoms with Crippen molar-refractivity contribution in [2.45, 2.75) is 64.3 Å². The lowest BCUT2D eigenvalue weighted by Crippen LogP contribution is -2.40. The molecule has 1 aliphatic rings. The van der Waals surface area contributed by atoms with Crippen LogP contribution >= 0.6 is 0 Å². The van der Waals surface area contributed by atoms with Gasteiger partial charge >= 0.3 is 0 Å². The molecule has 0 aromatic heterocycles. The molecule has 0 saturated heterocycles. The summed E-state index contributed by atoms with van der Waals surface area (Å²) < 4.78 is 0. The molecule has 0 aliphatic heterocycles. The number of aliphatic imine (C=N–C) groups is 1. The molecule has 1 rings (SSSR count). The Bertz CT molecular complexity index is 298. The van der Waals surface area contributed by atoms with Gasteiger partial charge in [-0.3, -0.25) is 9.79 Å². The third-order valence-electron chi connectivity index (χ3n) is 3.66. The topological polar surface area (TPSA) is 65.5 Å². The first-order valence-corrected chi connectivity index (χ1v) is 8.00.